The summed E-state index contributed by atoms with van der Waals surface area (Å²) in [5, 5.41) is 12.3. The number of nitrogens with zero attached hydrogens (tertiary/aromatic N) is 1. The molecule has 1 heterocycles. The summed E-state index contributed by atoms with van der Waals surface area (Å²) in [6.07, 6.45) is 5.18. The van der Waals surface area contributed by atoms with E-state index in [0.717, 1.165) is 12.8 Å². The average molecular weight is 282 g/mol. The number of nitrogens with one attached hydrogen (secondary N) is 1. The van der Waals surface area contributed by atoms with E-state index in [9.17, 15) is 9.59 Å². The molecule has 4 unspecified atom stereocenters. The first-order valence-electron chi connectivity index (χ1n) is 7.79. The van der Waals surface area contributed by atoms with Gasteiger partial charge in [-0.2, -0.15) is 0 Å². The number of carbonyl (C=O) groups excluding carboxylic acids is 1. The maximum absolute atomic E-state index is 12.4. The van der Waals surface area contributed by atoms with Crippen LogP contribution in [0.3, 0.4) is 0 Å². The first-order valence-corrected chi connectivity index (χ1v) is 7.79. The van der Waals surface area contributed by atoms with Crippen molar-refractivity contribution in [1.29, 1.82) is 0 Å². The van der Waals surface area contributed by atoms with E-state index in [2.05, 4.69) is 12.2 Å². The van der Waals surface area contributed by atoms with E-state index >= 15 is 0 Å². The number of aliphatic carboxylic acids is 1. The van der Waals surface area contributed by atoms with Crippen molar-refractivity contribution in [3.05, 3.63) is 0 Å². The number of amides is 2. The second-order valence-corrected chi connectivity index (χ2v) is 6.44. The van der Waals surface area contributed by atoms with Crippen molar-refractivity contribution in [2.75, 3.05) is 13.1 Å². The molecule has 4 atom stereocenters. The first kappa shape index (κ1) is 15.1. The fourth-order valence-electron chi connectivity index (χ4n) is 3.66. The molecule has 1 saturated carbocycles. The molecule has 1 aliphatic heterocycles. The summed E-state index contributed by atoms with van der Waals surface area (Å²) in [5.41, 5.74) is 0. The van der Waals surface area contributed by atoms with Gasteiger partial charge in [-0.25, -0.2) is 4.79 Å². The smallest absolute Gasteiger partial charge is 0.317 e. The van der Waals surface area contributed by atoms with E-state index in [1.54, 1.807) is 4.90 Å². The zero-order valence-electron chi connectivity index (χ0n) is 12.5. The summed E-state index contributed by atoms with van der Waals surface area (Å²) in [5.74, 6) is -0.380. The minimum Gasteiger partial charge on any atom is -0.481 e. The van der Waals surface area contributed by atoms with Gasteiger partial charge in [-0.05, 0) is 31.1 Å². The third-order valence-corrected chi connectivity index (χ3v) is 4.79. The summed E-state index contributed by atoms with van der Waals surface area (Å²) < 4.78 is 0. The first-order chi connectivity index (χ1) is 9.51. The largest absolute Gasteiger partial charge is 0.481 e. The lowest BCUT2D eigenvalue weighted by atomic mass is 9.90. The fraction of sp³-hybridized carbons (Fsp3) is 0.867. The molecule has 2 rings (SSSR count). The molecule has 0 radical (unpaired) electrons. The normalized spacial score (nSPS) is 34.0. The van der Waals surface area contributed by atoms with Crippen LogP contribution in [0.4, 0.5) is 4.79 Å². The van der Waals surface area contributed by atoms with Crippen molar-refractivity contribution in [2.45, 2.75) is 52.0 Å². The number of urea groups is 1. The van der Waals surface area contributed by atoms with Crippen LogP contribution in [0, 0.1) is 17.8 Å². The number of carboxylic acids is 1. The molecule has 114 valence electrons. The Morgan fingerprint density at radius 2 is 2.05 bits per heavy atom. The maximum Gasteiger partial charge on any atom is 0.317 e. The second-order valence-electron chi connectivity index (χ2n) is 6.44. The summed E-state index contributed by atoms with van der Waals surface area (Å²) >= 11 is 0. The molecular weight excluding hydrogens is 256 g/mol. The minimum absolute atomic E-state index is 0.0758. The Morgan fingerprint density at radius 1 is 1.30 bits per heavy atom. The summed E-state index contributed by atoms with van der Waals surface area (Å²) in [6, 6.07) is 0.196. The molecule has 1 saturated heterocycles. The van der Waals surface area contributed by atoms with Crippen molar-refractivity contribution < 1.29 is 14.7 Å². The van der Waals surface area contributed by atoms with Crippen LogP contribution in [0.1, 0.15) is 46.0 Å². The van der Waals surface area contributed by atoms with Crippen molar-refractivity contribution in [2.24, 2.45) is 17.8 Å². The molecule has 20 heavy (non-hydrogen) atoms. The Balaban J connectivity index is 1.92. The van der Waals surface area contributed by atoms with Gasteiger partial charge in [0.05, 0.1) is 5.92 Å². The monoisotopic (exact) mass is 282 g/mol. The van der Waals surface area contributed by atoms with Crippen molar-refractivity contribution in [3.8, 4) is 0 Å². The van der Waals surface area contributed by atoms with Gasteiger partial charge in [0.2, 0.25) is 0 Å². The highest BCUT2D eigenvalue weighted by molar-refractivity contribution is 5.77. The Morgan fingerprint density at radius 3 is 2.70 bits per heavy atom. The van der Waals surface area contributed by atoms with Crippen LogP contribution in [0.2, 0.25) is 0 Å². The topological polar surface area (TPSA) is 69.6 Å². The van der Waals surface area contributed by atoms with Crippen molar-refractivity contribution in [3.63, 3.8) is 0 Å². The highest BCUT2D eigenvalue weighted by Crippen LogP contribution is 2.29. The lowest BCUT2D eigenvalue weighted by Crippen LogP contribution is -2.52. The highest BCUT2D eigenvalue weighted by Gasteiger charge is 2.34. The number of carbonyl (C=O) groups is 2. The number of carboxylic acid groups (broad SMARTS) is 1. The third kappa shape index (κ3) is 3.44. The van der Waals surface area contributed by atoms with Crippen molar-refractivity contribution in [1.82, 2.24) is 10.2 Å². The van der Waals surface area contributed by atoms with Crippen LogP contribution in [0.25, 0.3) is 0 Å². The molecule has 0 bridgehead atoms. The van der Waals surface area contributed by atoms with E-state index in [1.807, 2.05) is 6.92 Å². The molecule has 2 N–H and O–H groups in total. The zero-order chi connectivity index (χ0) is 14.7. The van der Waals surface area contributed by atoms with Gasteiger partial charge in [0.15, 0.2) is 0 Å². The van der Waals surface area contributed by atoms with Crippen LogP contribution >= 0.6 is 0 Å². The Kier molecular flexibility index (Phi) is 4.89. The molecule has 2 fully saturated rings. The fourth-order valence-corrected chi connectivity index (χ4v) is 3.66. The summed E-state index contributed by atoms with van der Waals surface area (Å²) in [7, 11) is 0. The lowest BCUT2D eigenvalue weighted by molar-refractivity contribution is -0.143. The van der Waals surface area contributed by atoms with Gasteiger partial charge in [-0.1, -0.05) is 26.7 Å². The lowest BCUT2D eigenvalue weighted by Gasteiger charge is -2.35. The number of rotatable bonds is 3. The molecule has 0 aromatic carbocycles. The summed E-state index contributed by atoms with van der Waals surface area (Å²) in [4.78, 5) is 25.2. The number of hydrogen-bond donors (Lipinski definition) is 2. The predicted octanol–water partition coefficient (Wildman–Crippen LogP) is 2.32. The number of likely N-dealkylation sites (tertiary alicyclic amines) is 1. The van der Waals surface area contributed by atoms with Gasteiger partial charge in [0, 0.05) is 19.1 Å². The molecule has 5 nitrogen and oxygen atoms in total. The van der Waals surface area contributed by atoms with Gasteiger partial charge >= 0.3 is 12.0 Å². The standard InChI is InChI=1S/C15H26N2O3/c1-3-11-5-4-6-13(11)16-15(20)17-8-10(2)7-12(9-17)14(18)19/h10-13H,3-9H2,1-2H3,(H,16,20)(H,18,19). The zero-order valence-corrected chi connectivity index (χ0v) is 12.5. The Bertz CT molecular complexity index is 372. The molecule has 2 aliphatic rings. The third-order valence-electron chi connectivity index (χ3n) is 4.79. The van der Waals surface area contributed by atoms with E-state index in [1.165, 1.54) is 12.8 Å². The van der Waals surface area contributed by atoms with Gasteiger partial charge in [0.25, 0.3) is 0 Å². The van der Waals surface area contributed by atoms with Crippen LogP contribution < -0.4 is 5.32 Å². The SMILES string of the molecule is CCC1CCCC1NC(=O)N1CC(C)CC(C(=O)O)C1. The van der Waals surface area contributed by atoms with Crippen LogP contribution in [-0.4, -0.2) is 41.1 Å². The average Bonchev–Trinajstić information content (AvgIpc) is 2.85. The quantitative estimate of drug-likeness (QED) is 0.834. The van der Waals surface area contributed by atoms with Gasteiger partial charge < -0.3 is 15.3 Å². The predicted molar refractivity (Wildman–Crippen MR) is 76.4 cm³/mol. The molecule has 0 spiro atoms. The second kappa shape index (κ2) is 6.46. The maximum atomic E-state index is 12.4. The summed E-state index contributed by atoms with van der Waals surface area (Å²) in [6.45, 7) is 5.19. The molecule has 2 amide bonds. The van der Waals surface area contributed by atoms with Crippen LogP contribution in [-0.2, 0) is 4.79 Å². The number of piperidine rings is 1. The van der Waals surface area contributed by atoms with Gasteiger partial charge in [0.1, 0.15) is 0 Å². The number of hydrogen-bond acceptors (Lipinski definition) is 2. The van der Waals surface area contributed by atoms with E-state index in [-0.39, 0.29) is 18.0 Å². The van der Waals surface area contributed by atoms with Crippen molar-refractivity contribution >= 4 is 12.0 Å². The van der Waals surface area contributed by atoms with E-state index in [4.69, 9.17) is 5.11 Å². The molecule has 0 aromatic rings. The van der Waals surface area contributed by atoms with E-state index < -0.39 is 11.9 Å². The van der Waals surface area contributed by atoms with Crippen LogP contribution in [0.15, 0.2) is 0 Å². The molecular formula is C15H26N2O3. The van der Waals surface area contributed by atoms with Crippen LogP contribution in [0.5, 0.6) is 0 Å². The molecule has 1 aliphatic carbocycles. The van der Waals surface area contributed by atoms with Gasteiger partial charge in [-0.15, -0.1) is 0 Å². The van der Waals surface area contributed by atoms with Gasteiger partial charge in [-0.3, -0.25) is 4.79 Å². The minimum atomic E-state index is -0.790. The molecule has 5 heteroatoms. The Hall–Kier alpha value is -1.26. The van der Waals surface area contributed by atoms with E-state index in [0.29, 0.717) is 25.4 Å². The highest BCUT2D eigenvalue weighted by atomic mass is 16.4. The Labute approximate surface area is 120 Å². The molecule has 0 aromatic heterocycles.